The van der Waals surface area contributed by atoms with Crippen molar-refractivity contribution in [3.8, 4) is 5.75 Å². The van der Waals surface area contributed by atoms with E-state index in [2.05, 4.69) is 59.1 Å². The first-order valence-electron chi connectivity index (χ1n) is 11.2. The lowest BCUT2D eigenvalue weighted by Gasteiger charge is -2.49. The molecular weight excluding hydrogens is 374 g/mol. The van der Waals surface area contributed by atoms with Gasteiger partial charge in [-0.05, 0) is 50.4 Å². The maximum atomic E-state index is 13.8. The fourth-order valence-corrected chi connectivity index (χ4v) is 6.67. The Bertz CT molecular complexity index is 933. The Labute approximate surface area is 178 Å². The zero-order valence-electron chi connectivity index (χ0n) is 17.9. The molecule has 3 heterocycles. The number of likely N-dealkylation sites (N-methyl/N-ethyl adjacent to an activating group) is 1. The van der Waals surface area contributed by atoms with Gasteiger partial charge in [-0.2, -0.15) is 0 Å². The Hall–Kier alpha value is -2.40. The van der Waals surface area contributed by atoms with Gasteiger partial charge < -0.3 is 10.0 Å². The lowest BCUT2D eigenvalue weighted by atomic mass is 9.69. The molecular formula is C25H31N3O2. The number of pyridine rings is 1. The normalized spacial score (nSPS) is 33.3. The SMILES string of the molecule is CN1[C@H](Cc2ccccc2)[C@@H]2C[C@@]3(C)[C@H](CCCC[C@@H]13)N2C(=O)c1ncccc1O. The van der Waals surface area contributed by atoms with Crippen LogP contribution in [-0.4, -0.2) is 57.0 Å². The summed E-state index contributed by atoms with van der Waals surface area (Å²) in [6, 6.07) is 14.9. The lowest BCUT2D eigenvalue weighted by molar-refractivity contribution is 0.0155. The summed E-state index contributed by atoms with van der Waals surface area (Å²) in [5.41, 5.74) is 1.59. The first kappa shape index (κ1) is 19.6. The van der Waals surface area contributed by atoms with Gasteiger partial charge >= 0.3 is 0 Å². The van der Waals surface area contributed by atoms with Crippen LogP contribution < -0.4 is 0 Å². The molecule has 0 spiro atoms. The molecule has 1 amide bonds. The highest BCUT2D eigenvalue weighted by molar-refractivity contribution is 5.95. The van der Waals surface area contributed by atoms with Crippen molar-refractivity contribution < 1.29 is 9.90 Å². The second kappa shape index (κ2) is 7.38. The fourth-order valence-electron chi connectivity index (χ4n) is 6.67. The van der Waals surface area contributed by atoms with Crippen molar-refractivity contribution in [3.05, 3.63) is 59.9 Å². The van der Waals surface area contributed by atoms with Crippen LogP contribution in [0.3, 0.4) is 0 Å². The number of piperidine rings is 1. The summed E-state index contributed by atoms with van der Waals surface area (Å²) in [5.74, 6) is -0.131. The largest absolute Gasteiger partial charge is 0.505 e. The Balaban J connectivity index is 1.57. The number of likely N-dealkylation sites (tertiary alicyclic amines) is 2. The van der Waals surface area contributed by atoms with E-state index in [9.17, 15) is 9.90 Å². The van der Waals surface area contributed by atoms with Gasteiger partial charge in [-0.3, -0.25) is 9.69 Å². The number of rotatable bonds is 3. The van der Waals surface area contributed by atoms with Gasteiger partial charge in [0, 0.05) is 35.8 Å². The average molecular weight is 406 g/mol. The minimum atomic E-state index is -0.110. The molecule has 0 unspecified atom stereocenters. The maximum Gasteiger partial charge on any atom is 0.276 e. The van der Waals surface area contributed by atoms with E-state index >= 15 is 0 Å². The molecule has 5 rings (SSSR count). The van der Waals surface area contributed by atoms with Gasteiger partial charge in [0.25, 0.3) is 5.91 Å². The van der Waals surface area contributed by atoms with Crippen LogP contribution in [0.4, 0.5) is 0 Å². The van der Waals surface area contributed by atoms with Gasteiger partial charge in [-0.15, -0.1) is 0 Å². The molecule has 2 aromatic rings. The smallest absolute Gasteiger partial charge is 0.276 e. The van der Waals surface area contributed by atoms with Crippen LogP contribution in [-0.2, 0) is 6.42 Å². The van der Waals surface area contributed by atoms with E-state index < -0.39 is 0 Å². The Kier molecular flexibility index (Phi) is 4.81. The van der Waals surface area contributed by atoms with Crippen molar-refractivity contribution in [2.24, 2.45) is 5.41 Å². The standard InChI is InChI=1S/C25H31N3O2/c1-25-16-19-18(15-17-9-4-3-5-10-17)27(2)21(25)12-6-7-13-22(25)28(19)24(30)23-20(29)11-8-14-26-23/h3-5,8-11,14,18-19,21-22,29H,6-7,12-13,15-16H2,1-2H3/t18-,19+,21-,22+,25-/m1/s1. The summed E-state index contributed by atoms with van der Waals surface area (Å²) in [6.07, 6.45) is 8.15. The predicted octanol–water partition coefficient (Wildman–Crippen LogP) is 3.88. The number of hydrogen-bond donors (Lipinski definition) is 1. The highest BCUT2D eigenvalue weighted by atomic mass is 16.3. The Morgan fingerprint density at radius 3 is 2.60 bits per heavy atom. The van der Waals surface area contributed by atoms with E-state index in [1.165, 1.54) is 18.4 Å². The summed E-state index contributed by atoms with van der Waals surface area (Å²) < 4.78 is 0. The van der Waals surface area contributed by atoms with Crippen LogP contribution in [0.1, 0.15) is 55.1 Å². The third kappa shape index (κ3) is 2.94. The molecule has 2 bridgehead atoms. The third-order valence-electron chi connectivity index (χ3n) is 8.04. The number of carbonyl (C=O) groups is 1. The highest BCUT2D eigenvalue weighted by Crippen LogP contribution is 2.55. The van der Waals surface area contributed by atoms with E-state index in [1.54, 1.807) is 18.3 Å². The minimum Gasteiger partial charge on any atom is -0.505 e. The fraction of sp³-hybridized carbons (Fsp3) is 0.520. The summed E-state index contributed by atoms with van der Waals surface area (Å²) in [5, 5.41) is 10.4. The van der Waals surface area contributed by atoms with Crippen LogP contribution in [0.5, 0.6) is 5.75 Å². The molecule has 1 aliphatic carbocycles. The number of carbonyl (C=O) groups excluding carboxylic acids is 1. The van der Waals surface area contributed by atoms with Crippen molar-refractivity contribution in [1.82, 2.24) is 14.8 Å². The molecule has 1 saturated carbocycles. The lowest BCUT2D eigenvalue weighted by Crippen LogP contribution is -2.58. The number of amides is 1. The molecule has 0 radical (unpaired) electrons. The predicted molar refractivity (Wildman–Crippen MR) is 116 cm³/mol. The first-order chi connectivity index (χ1) is 14.5. The van der Waals surface area contributed by atoms with E-state index in [-0.39, 0.29) is 40.9 Å². The van der Waals surface area contributed by atoms with Crippen molar-refractivity contribution in [1.29, 1.82) is 0 Å². The van der Waals surface area contributed by atoms with E-state index in [1.807, 2.05) is 0 Å². The van der Waals surface area contributed by atoms with Crippen molar-refractivity contribution >= 4 is 5.91 Å². The number of nitrogens with zero attached hydrogens (tertiary/aromatic N) is 3. The zero-order chi connectivity index (χ0) is 20.9. The number of hydrogen-bond acceptors (Lipinski definition) is 4. The van der Waals surface area contributed by atoms with Gasteiger partial charge in [0.2, 0.25) is 0 Å². The third-order valence-corrected chi connectivity index (χ3v) is 8.04. The molecule has 3 aliphatic rings. The van der Waals surface area contributed by atoms with Crippen LogP contribution in [0.2, 0.25) is 0 Å². The van der Waals surface area contributed by atoms with E-state index in [0.29, 0.717) is 6.04 Å². The van der Waals surface area contributed by atoms with Gasteiger partial charge in [-0.1, -0.05) is 50.1 Å². The van der Waals surface area contributed by atoms with Crippen LogP contribution >= 0.6 is 0 Å². The molecule has 2 saturated heterocycles. The quantitative estimate of drug-likeness (QED) is 0.842. The van der Waals surface area contributed by atoms with Crippen molar-refractivity contribution in [3.63, 3.8) is 0 Å². The number of aromatic nitrogens is 1. The first-order valence-corrected chi connectivity index (χ1v) is 11.2. The summed E-state index contributed by atoms with van der Waals surface area (Å²) in [4.78, 5) is 22.7. The van der Waals surface area contributed by atoms with Crippen LogP contribution in [0.25, 0.3) is 0 Å². The molecule has 3 fully saturated rings. The van der Waals surface area contributed by atoms with Gasteiger partial charge in [0.05, 0.1) is 0 Å². The molecule has 5 nitrogen and oxygen atoms in total. The summed E-state index contributed by atoms with van der Waals surface area (Å²) in [7, 11) is 2.26. The number of benzene rings is 1. The van der Waals surface area contributed by atoms with Crippen molar-refractivity contribution in [2.75, 3.05) is 7.05 Å². The molecule has 1 N–H and O–H groups in total. The summed E-state index contributed by atoms with van der Waals surface area (Å²) >= 11 is 0. The Morgan fingerprint density at radius 2 is 1.87 bits per heavy atom. The minimum absolute atomic E-state index is 0.0211. The Morgan fingerprint density at radius 1 is 1.13 bits per heavy atom. The molecule has 5 atom stereocenters. The zero-order valence-corrected chi connectivity index (χ0v) is 17.9. The number of fused-ring (bicyclic) bond motifs is 1. The summed E-state index contributed by atoms with van der Waals surface area (Å²) in [6.45, 7) is 2.39. The molecule has 1 aromatic carbocycles. The van der Waals surface area contributed by atoms with Gasteiger partial charge in [0.1, 0.15) is 5.75 Å². The van der Waals surface area contributed by atoms with Crippen molar-refractivity contribution in [2.45, 2.75) is 69.6 Å². The average Bonchev–Trinajstić information content (AvgIpc) is 2.89. The topological polar surface area (TPSA) is 56.7 Å². The molecule has 158 valence electrons. The van der Waals surface area contributed by atoms with Crippen LogP contribution in [0.15, 0.2) is 48.7 Å². The molecule has 2 aliphatic heterocycles. The number of aromatic hydroxyl groups is 1. The highest BCUT2D eigenvalue weighted by Gasteiger charge is 2.62. The van der Waals surface area contributed by atoms with Crippen LogP contribution in [0, 0.1) is 5.41 Å². The molecule has 30 heavy (non-hydrogen) atoms. The second-order valence-electron chi connectivity index (χ2n) is 9.60. The second-order valence-corrected chi connectivity index (χ2v) is 9.60. The molecule has 5 heteroatoms. The van der Waals surface area contributed by atoms with Gasteiger partial charge in [0.15, 0.2) is 5.69 Å². The monoisotopic (exact) mass is 405 g/mol. The van der Waals surface area contributed by atoms with E-state index in [0.717, 1.165) is 25.7 Å². The molecule has 1 aromatic heterocycles. The van der Waals surface area contributed by atoms with Gasteiger partial charge in [-0.25, -0.2) is 4.98 Å². The maximum absolute atomic E-state index is 13.8. The van der Waals surface area contributed by atoms with E-state index in [4.69, 9.17) is 0 Å².